The minimum absolute atomic E-state index is 0.0158. The third-order valence-corrected chi connectivity index (χ3v) is 5.97. The fourth-order valence-corrected chi connectivity index (χ4v) is 4.52. The fraction of sp³-hybridized carbons (Fsp3) is 0.652. The smallest absolute Gasteiger partial charge is 0.242 e. The molecule has 1 saturated heterocycles. The van der Waals surface area contributed by atoms with Gasteiger partial charge in [-0.05, 0) is 48.4 Å². The zero-order valence-corrected chi connectivity index (χ0v) is 17.9. The molecule has 1 unspecified atom stereocenters. The van der Waals surface area contributed by atoms with E-state index in [1.807, 2.05) is 4.90 Å². The van der Waals surface area contributed by atoms with Crippen molar-refractivity contribution in [3.05, 3.63) is 30.1 Å². The van der Waals surface area contributed by atoms with E-state index in [9.17, 15) is 14.0 Å². The van der Waals surface area contributed by atoms with Crippen LogP contribution in [0.1, 0.15) is 52.9 Å². The predicted octanol–water partition coefficient (Wildman–Crippen LogP) is 3.90. The molecular weight excluding hydrogens is 369 g/mol. The number of benzene rings is 1. The van der Waals surface area contributed by atoms with Gasteiger partial charge in [0.1, 0.15) is 5.82 Å². The molecule has 0 aromatic heterocycles. The molecule has 6 heteroatoms. The van der Waals surface area contributed by atoms with Crippen molar-refractivity contribution in [3.63, 3.8) is 0 Å². The number of hydrogen-bond acceptors (Lipinski definition) is 3. The van der Waals surface area contributed by atoms with E-state index in [1.165, 1.54) is 12.1 Å². The maximum absolute atomic E-state index is 13.2. The van der Waals surface area contributed by atoms with Gasteiger partial charge in [0, 0.05) is 38.3 Å². The van der Waals surface area contributed by atoms with Gasteiger partial charge in [-0.2, -0.15) is 0 Å². The Morgan fingerprint density at radius 2 is 1.66 bits per heavy atom. The van der Waals surface area contributed by atoms with Gasteiger partial charge in [0.2, 0.25) is 11.8 Å². The van der Waals surface area contributed by atoms with Crippen molar-refractivity contribution in [1.29, 1.82) is 0 Å². The van der Waals surface area contributed by atoms with E-state index in [0.717, 1.165) is 25.7 Å². The van der Waals surface area contributed by atoms with Crippen LogP contribution in [0.5, 0.6) is 0 Å². The molecule has 1 aromatic carbocycles. The largest absolute Gasteiger partial charge is 0.340 e. The van der Waals surface area contributed by atoms with Crippen LogP contribution in [0.4, 0.5) is 10.1 Å². The molecule has 1 aromatic rings. The molecule has 1 heterocycles. The highest BCUT2D eigenvalue weighted by Crippen LogP contribution is 2.32. The third kappa shape index (κ3) is 6.01. The van der Waals surface area contributed by atoms with Crippen molar-refractivity contribution in [2.24, 2.45) is 11.3 Å². The van der Waals surface area contributed by atoms with E-state index in [2.05, 4.69) is 31.0 Å². The van der Waals surface area contributed by atoms with Crippen LogP contribution in [0.25, 0.3) is 0 Å². The minimum atomic E-state index is -0.314. The summed E-state index contributed by atoms with van der Waals surface area (Å²) in [5.74, 6) is 0.210. The zero-order chi connectivity index (χ0) is 21.0. The Morgan fingerprint density at radius 1 is 1.07 bits per heavy atom. The Balaban J connectivity index is 1.64. The van der Waals surface area contributed by atoms with Crippen LogP contribution >= 0.6 is 0 Å². The molecule has 1 N–H and O–H groups in total. The van der Waals surface area contributed by atoms with Gasteiger partial charge in [-0.1, -0.05) is 33.6 Å². The van der Waals surface area contributed by atoms with Crippen LogP contribution in [-0.2, 0) is 9.59 Å². The van der Waals surface area contributed by atoms with E-state index in [4.69, 9.17) is 0 Å². The second-order valence-electron chi connectivity index (χ2n) is 9.64. The van der Waals surface area contributed by atoms with Gasteiger partial charge < -0.3 is 10.2 Å². The molecule has 1 aliphatic carbocycles. The normalized spacial score (nSPS) is 19.9. The topological polar surface area (TPSA) is 52.7 Å². The third-order valence-electron chi connectivity index (χ3n) is 5.97. The number of amides is 2. The van der Waals surface area contributed by atoms with Crippen molar-refractivity contribution < 1.29 is 14.0 Å². The molecule has 5 nitrogen and oxygen atoms in total. The Labute approximate surface area is 173 Å². The summed E-state index contributed by atoms with van der Waals surface area (Å²) in [5.41, 5.74) is 0.605. The molecule has 1 atom stereocenters. The van der Waals surface area contributed by atoms with Crippen molar-refractivity contribution in [3.8, 4) is 0 Å². The average Bonchev–Trinajstić information content (AvgIpc) is 3.17. The SMILES string of the molecule is CC(C)(C)CC(=O)N1CCN(C(C(=O)Nc2ccc(F)cc2)C2CCCC2)CC1. The standard InChI is InChI=1S/C23H34FN3O2/c1-23(2,3)16-20(28)26-12-14-27(15-13-26)21(17-6-4-5-7-17)22(29)25-19-10-8-18(24)9-11-19/h8-11,17,21H,4-7,12-16H2,1-3H3,(H,25,29). The molecule has 2 fully saturated rings. The maximum Gasteiger partial charge on any atom is 0.242 e. The van der Waals surface area contributed by atoms with E-state index in [0.29, 0.717) is 44.2 Å². The number of rotatable bonds is 5. The van der Waals surface area contributed by atoms with Gasteiger partial charge in [0.15, 0.2) is 0 Å². The molecule has 2 amide bonds. The highest BCUT2D eigenvalue weighted by Gasteiger charge is 2.37. The Bertz CT molecular complexity index is 700. The summed E-state index contributed by atoms with van der Waals surface area (Å²) < 4.78 is 13.2. The molecule has 0 spiro atoms. The number of nitrogens with one attached hydrogen (secondary N) is 1. The Morgan fingerprint density at radius 3 is 2.21 bits per heavy atom. The minimum Gasteiger partial charge on any atom is -0.340 e. The molecule has 3 rings (SSSR count). The number of hydrogen-bond donors (Lipinski definition) is 1. The Hall–Kier alpha value is -1.95. The number of piperazine rings is 1. The molecule has 1 saturated carbocycles. The van der Waals surface area contributed by atoms with Crippen molar-refractivity contribution in [1.82, 2.24) is 9.80 Å². The lowest BCUT2D eigenvalue weighted by atomic mass is 9.91. The van der Waals surface area contributed by atoms with Gasteiger partial charge in [-0.15, -0.1) is 0 Å². The molecule has 0 radical (unpaired) electrons. The molecule has 1 aliphatic heterocycles. The summed E-state index contributed by atoms with van der Waals surface area (Å²) in [6, 6.07) is 5.73. The van der Waals surface area contributed by atoms with E-state index in [1.54, 1.807) is 12.1 Å². The van der Waals surface area contributed by atoms with Crippen LogP contribution in [0, 0.1) is 17.2 Å². The molecule has 0 bridgehead atoms. The monoisotopic (exact) mass is 403 g/mol. The molecular formula is C23H34FN3O2. The number of halogens is 1. The van der Waals surface area contributed by atoms with Crippen LogP contribution in [-0.4, -0.2) is 53.8 Å². The van der Waals surface area contributed by atoms with Crippen LogP contribution in [0.2, 0.25) is 0 Å². The van der Waals surface area contributed by atoms with E-state index < -0.39 is 0 Å². The first kappa shape index (κ1) is 21.8. The molecule has 2 aliphatic rings. The number of carbonyl (C=O) groups excluding carboxylic acids is 2. The lowest BCUT2D eigenvalue weighted by Crippen LogP contribution is -2.57. The lowest BCUT2D eigenvalue weighted by molar-refractivity contribution is -0.136. The van der Waals surface area contributed by atoms with Gasteiger partial charge in [0.25, 0.3) is 0 Å². The summed E-state index contributed by atoms with van der Waals surface area (Å²) in [5, 5.41) is 2.98. The van der Waals surface area contributed by atoms with Gasteiger partial charge in [0.05, 0.1) is 6.04 Å². The highest BCUT2D eigenvalue weighted by molar-refractivity contribution is 5.95. The van der Waals surface area contributed by atoms with Gasteiger partial charge in [-0.25, -0.2) is 4.39 Å². The summed E-state index contributed by atoms with van der Waals surface area (Å²) in [6.45, 7) is 9.01. The summed E-state index contributed by atoms with van der Waals surface area (Å²) in [6.07, 6.45) is 4.99. The van der Waals surface area contributed by atoms with Gasteiger partial charge >= 0.3 is 0 Å². The molecule has 160 valence electrons. The fourth-order valence-electron chi connectivity index (χ4n) is 4.52. The summed E-state index contributed by atoms with van der Waals surface area (Å²) >= 11 is 0. The van der Waals surface area contributed by atoms with Crippen molar-refractivity contribution >= 4 is 17.5 Å². The average molecular weight is 404 g/mol. The van der Waals surface area contributed by atoms with Crippen LogP contribution in [0.3, 0.4) is 0 Å². The summed E-state index contributed by atoms with van der Waals surface area (Å²) in [7, 11) is 0. The van der Waals surface area contributed by atoms with Crippen LogP contribution in [0.15, 0.2) is 24.3 Å². The zero-order valence-electron chi connectivity index (χ0n) is 17.9. The van der Waals surface area contributed by atoms with E-state index >= 15 is 0 Å². The number of carbonyl (C=O) groups is 2. The number of nitrogens with zero attached hydrogens (tertiary/aromatic N) is 2. The first-order valence-corrected chi connectivity index (χ1v) is 10.8. The van der Waals surface area contributed by atoms with Crippen molar-refractivity contribution in [2.45, 2.75) is 58.9 Å². The maximum atomic E-state index is 13.2. The van der Waals surface area contributed by atoms with Crippen LogP contribution < -0.4 is 5.32 Å². The Kier molecular flexibility index (Phi) is 6.93. The van der Waals surface area contributed by atoms with Gasteiger partial charge in [-0.3, -0.25) is 14.5 Å². The second-order valence-corrected chi connectivity index (χ2v) is 9.64. The first-order chi connectivity index (χ1) is 13.7. The highest BCUT2D eigenvalue weighted by atomic mass is 19.1. The van der Waals surface area contributed by atoms with Crippen molar-refractivity contribution in [2.75, 3.05) is 31.5 Å². The quantitative estimate of drug-likeness (QED) is 0.811. The van der Waals surface area contributed by atoms with E-state index in [-0.39, 0.29) is 29.1 Å². The predicted molar refractivity (Wildman–Crippen MR) is 113 cm³/mol. The first-order valence-electron chi connectivity index (χ1n) is 10.8. The number of anilines is 1. The lowest BCUT2D eigenvalue weighted by Gasteiger charge is -2.41. The molecule has 29 heavy (non-hydrogen) atoms. The second kappa shape index (κ2) is 9.24. The summed E-state index contributed by atoms with van der Waals surface area (Å²) in [4.78, 5) is 29.9.